The van der Waals surface area contributed by atoms with Gasteiger partial charge in [-0.2, -0.15) is 0 Å². The maximum atomic E-state index is 13.0. The summed E-state index contributed by atoms with van der Waals surface area (Å²) < 4.78 is 18.9. The lowest BCUT2D eigenvalue weighted by Gasteiger charge is -2.30. The fourth-order valence-electron chi connectivity index (χ4n) is 3.31. The SMILES string of the molecule is O=C(c1ncccn1)N1CCCC(c2ncc(Cc3ccc(F)cc3)o2)C1. The molecule has 0 bridgehead atoms. The third-order valence-corrected chi connectivity index (χ3v) is 4.68. The Labute approximate surface area is 156 Å². The van der Waals surface area contributed by atoms with Crippen LogP contribution in [0.5, 0.6) is 0 Å². The molecular formula is C20H19FN4O2. The minimum atomic E-state index is -0.258. The molecule has 1 aliphatic heterocycles. The van der Waals surface area contributed by atoms with E-state index >= 15 is 0 Å². The number of aromatic nitrogens is 3. The number of rotatable bonds is 4. The van der Waals surface area contributed by atoms with Gasteiger partial charge in [-0.1, -0.05) is 12.1 Å². The Kier molecular flexibility index (Phi) is 4.91. The van der Waals surface area contributed by atoms with Crippen molar-refractivity contribution in [3.8, 4) is 0 Å². The lowest BCUT2D eigenvalue weighted by atomic mass is 9.98. The van der Waals surface area contributed by atoms with Crippen molar-refractivity contribution >= 4 is 5.91 Å². The van der Waals surface area contributed by atoms with E-state index in [2.05, 4.69) is 15.0 Å². The number of hydrogen-bond acceptors (Lipinski definition) is 5. The molecule has 4 rings (SSSR count). The van der Waals surface area contributed by atoms with Gasteiger partial charge in [0.25, 0.3) is 5.91 Å². The van der Waals surface area contributed by atoms with Gasteiger partial charge >= 0.3 is 0 Å². The van der Waals surface area contributed by atoms with Gasteiger partial charge in [0.1, 0.15) is 11.6 Å². The first-order valence-corrected chi connectivity index (χ1v) is 8.94. The van der Waals surface area contributed by atoms with Crippen molar-refractivity contribution in [1.29, 1.82) is 0 Å². The summed E-state index contributed by atoms with van der Waals surface area (Å²) in [4.78, 5) is 26.8. The Balaban J connectivity index is 1.43. The predicted molar refractivity (Wildman–Crippen MR) is 95.6 cm³/mol. The Hall–Kier alpha value is -3.09. The van der Waals surface area contributed by atoms with Gasteiger partial charge in [-0.05, 0) is 36.6 Å². The zero-order chi connectivity index (χ0) is 18.6. The lowest BCUT2D eigenvalue weighted by Crippen LogP contribution is -2.39. The maximum Gasteiger partial charge on any atom is 0.291 e. The van der Waals surface area contributed by atoms with E-state index in [9.17, 15) is 9.18 Å². The van der Waals surface area contributed by atoms with Crippen LogP contribution in [0.3, 0.4) is 0 Å². The Morgan fingerprint density at radius 1 is 1.19 bits per heavy atom. The zero-order valence-corrected chi connectivity index (χ0v) is 14.7. The van der Waals surface area contributed by atoms with Crippen LogP contribution in [-0.2, 0) is 6.42 Å². The third-order valence-electron chi connectivity index (χ3n) is 4.68. The zero-order valence-electron chi connectivity index (χ0n) is 14.7. The van der Waals surface area contributed by atoms with Crippen molar-refractivity contribution in [1.82, 2.24) is 19.9 Å². The van der Waals surface area contributed by atoms with Gasteiger partial charge in [0.2, 0.25) is 5.82 Å². The average Bonchev–Trinajstić information content (AvgIpc) is 3.18. The topological polar surface area (TPSA) is 72.1 Å². The van der Waals surface area contributed by atoms with E-state index in [4.69, 9.17) is 4.42 Å². The first-order valence-electron chi connectivity index (χ1n) is 8.94. The molecule has 0 radical (unpaired) electrons. The number of hydrogen-bond donors (Lipinski definition) is 0. The fraction of sp³-hybridized carbons (Fsp3) is 0.300. The van der Waals surface area contributed by atoms with Crippen molar-refractivity contribution in [3.05, 3.63) is 77.8 Å². The molecule has 2 aromatic heterocycles. The minimum absolute atomic E-state index is 0.0494. The van der Waals surface area contributed by atoms with E-state index in [0.717, 1.165) is 24.2 Å². The molecule has 6 nitrogen and oxygen atoms in total. The molecular weight excluding hydrogens is 347 g/mol. The van der Waals surface area contributed by atoms with Crippen LogP contribution in [0.2, 0.25) is 0 Å². The summed E-state index contributed by atoms with van der Waals surface area (Å²) in [7, 11) is 0. The highest BCUT2D eigenvalue weighted by Gasteiger charge is 2.29. The van der Waals surface area contributed by atoms with Gasteiger partial charge in [-0.25, -0.2) is 19.3 Å². The second-order valence-electron chi connectivity index (χ2n) is 6.63. The van der Waals surface area contributed by atoms with E-state index in [1.54, 1.807) is 41.7 Å². The number of oxazole rings is 1. The van der Waals surface area contributed by atoms with Gasteiger partial charge in [-0.15, -0.1) is 0 Å². The smallest absolute Gasteiger partial charge is 0.291 e. The van der Waals surface area contributed by atoms with Crippen LogP contribution >= 0.6 is 0 Å². The van der Waals surface area contributed by atoms with Crippen LogP contribution < -0.4 is 0 Å². The number of halogens is 1. The van der Waals surface area contributed by atoms with Crippen LogP contribution in [0.1, 0.15) is 46.6 Å². The predicted octanol–water partition coefficient (Wildman–Crippen LogP) is 3.21. The van der Waals surface area contributed by atoms with Crippen molar-refractivity contribution in [2.45, 2.75) is 25.2 Å². The fourth-order valence-corrected chi connectivity index (χ4v) is 3.31. The molecule has 1 unspecified atom stereocenters. The summed E-state index contributed by atoms with van der Waals surface area (Å²) in [6, 6.07) is 8.02. The highest BCUT2D eigenvalue weighted by molar-refractivity contribution is 5.90. The normalized spacial score (nSPS) is 17.1. The van der Waals surface area contributed by atoms with E-state index in [1.165, 1.54) is 12.1 Å². The van der Waals surface area contributed by atoms with E-state index < -0.39 is 0 Å². The molecule has 7 heteroatoms. The van der Waals surface area contributed by atoms with Crippen molar-refractivity contribution in [3.63, 3.8) is 0 Å². The maximum absolute atomic E-state index is 13.0. The first-order chi connectivity index (χ1) is 13.2. The number of amides is 1. The Morgan fingerprint density at radius 2 is 1.96 bits per heavy atom. The first kappa shape index (κ1) is 17.3. The largest absolute Gasteiger partial charge is 0.445 e. The van der Waals surface area contributed by atoms with Gasteiger partial charge in [0.15, 0.2) is 5.89 Å². The summed E-state index contributed by atoms with van der Waals surface area (Å²) in [6.07, 6.45) is 7.18. The monoisotopic (exact) mass is 366 g/mol. The van der Waals surface area contributed by atoms with Crippen molar-refractivity contribution in [2.24, 2.45) is 0 Å². The van der Waals surface area contributed by atoms with Gasteiger partial charge in [0.05, 0.1) is 12.1 Å². The van der Waals surface area contributed by atoms with Gasteiger partial charge < -0.3 is 9.32 Å². The average molecular weight is 366 g/mol. The van der Waals surface area contributed by atoms with Crippen molar-refractivity contribution < 1.29 is 13.6 Å². The molecule has 1 atom stereocenters. The van der Waals surface area contributed by atoms with Gasteiger partial charge in [0, 0.05) is 31.9 Å². The summed E-state index contributed by atoms with van der Waals surface area (Å²) in [5.41, 5.74) is 0.959. The summed E-state index contributed by atoms with van der Waals surface area (Å²) in [6.45, 7) is 1.21. The highest BCUT2D eigenvalue weighted by atomic mass is 19.1. The van der Waals surface area contributed by atoms with Gasteiger partial charge in [-0.3, -0.25) is 4.79 Å². The minimum Gasteiger partial charge on any atom is -0.445 e. The number of carbonyl (C=O) groups excluding carboxylic acids is 1. The molecule has 1 amide bonds. The van der Waals surface area contributed by atoms with Crippen molar-refractivity contribution in [2.75, 3.05) is 13.1 Å². The highest BCUT2D eigenvalue weighted by Crippen LogP contribution is 2.27. The summed E-state index contributed by atoms with van der Waals surface area (Å²) in [5, 5.41) is 0. The molecule has 1 fully saturated rings. The number of benzene rings is 1. The van der Waals surface area contributed by atoms with Crippen LogP contribution in [0, 0.1) is 5.82 Å². The molecule has 27 heavy (non-hydrogen) atoms. The second kappa shape index (κ2) is 7.65. The standard InChI is InChI=1S/C20H19FN4O2/c21-16-6-4-14(5-7-16)11-17-12-24-19(27-17)15-3-1-10-25(13-15)20(26)18-22-8-2-9-23-18/h2,4-9,12,15H,1,3,10-11,13H2. The van der Waals surface area contributed by atoms with E-state index in [0.29, 0.717) is 25.4 Å². The number of carbonyl (C=O) groups is 1. The molecule has 1 saturated heterocycles. The number of piperidine rings is 1. The number of likely N-dealkylation sites (tertiary alicyclic amines) is 1. The molecule has 0 spiro atoms. The molecule has 0 aliphatic carbocycles. The molecule has 3 aromatic rings. The van der Waals surface area contributed by atoms with Crippen LogP contribution in [-0.4, -0.2) is 38.8 Å². The second-order valence-corrected chi connectivity index (χ2v) is 6.63. The van der Waals surface area contributed by atoms with Crippen LogP contribution in [0.15, 0.2) is 53.3 Å². The molecule has 138 valence electrons. The van der Waals surface area contributed by atoms with E-state index in [-0.39, 0.29) is 23.5 Å². The molecule has 1 aliphatic rings. The van der Waals surface area contributed by atoms with Crippen LogP contribution in [0.25, 0.3) is 0 Å². The summed E-state index contributed by atoms with van der Waals surface area (Å²) in [5.74, 6) is 1.20. The Morgan fingerprint density at radius 3 is 2.74 bits per heavy atom. The Bertz CT molecular complexity index is 911. The molecule has 3 heterocycles. The third kappa shape index (κ3) is 4.02. The number of nitrogens with zero attached hydrogens (tertiary/aromatic N) is 4. The summed E-state index contributed by atoms with van der Waals surface area (Å²) >= 11 is 0. The quantitative estimate of drug-likeness (QED) is 0.709. The molecule has 0 saturated carbocycles. The van der Waals surface area contributed by atoms with Crippen LogP contribution in [0.4, 0.5) is 4.39 Å². The van der Waals surface area contributed by atoms with E-state index in [1.807, 2.05) is 0 Å². The molecule has 1 aromatic carbocycles. The lowest BCUT2D eigenvalue weighted by molar-refractivity contribution is 0.0685. The molecule has 0 N–H and O–H groups in total.